The van der Waals surface area contributed by atoms with Crippen molar-refractivity contribution in [2.45, 2.75) is 19.4 Å². The highest BCUT2D eigenvalue weighted by molar-refractivity contribution is 6.30. The molecule has 84 valence electrons. The van der Waals surface area contributed by atoms with Gasteiger partial charge in [-0.15, -0.1) is 12.4 Å². The maximum absolute atomic E-state index is 10.7. The summed E-state index contributed by atoms with van der Waals surface area (Å²) in [4.78, 5) is 10.2. The van der Waals surface area contributed by atoms with Gasteiger partial charge in [0, 0.05) is 22.7 Å². The lowest BCUT2D eigenvalue weighted by Crippen LogP contribution is -2.11. The van der Waals surface area contributed by atoms with Crippen LogP contribution in [0.1, 0.15) is 24.9 Å². The second-order valence-electron chi connectivity index (χ2n) is 2.97. The van der Waals surface area contributed by atoms with Crippen molar-refractivity contribution < 1.29 is 4.92 Å². The maximum atomic E-state index is 10.7. The molecule has 0 aromatic heterocycles. The first kappa shape index (κ1) is 14.2. The van der Waals surface area contributed by atoms with Gasteiger partial charge in [-0.25, -0.2) is 0 Å². The third-order valence-corrected chi connectivity index (χ3v) is 2.26. The molecule has 15 heavy (non-hydrogen) atoms. The van der Waals surface area contributed by atoms with Crippen molar-refractivity contribution in [3.05, 3.63) is 38.9 Å². The smallest absolute Gasteiger partial charge is 0.274 e. The molecule has 0 bridgehead atoms. The monoisotopic (exact) mass is 250 g/mol. The van der Waals surface area contributed by atoms with E-state index in [1.807, 2.05) is 6.92 Å². The van der Waals surface area contributed by atoms with Gasteiger partial charge in [-0.1, -0.05) is 18.5 Å². The van der Waals surface area contributed by atoms with Crippen LogP contribution in [0.4, 0.5) is 5.69 Å². The summed E-state index contributed by atoms with van der Waals surface area (Å²) < 4.78 is 0. The number of nitrogens with zero attached hydrogens (tertiary/aromatic N) is 1. The number of benzene rings is 1. The lowest BCUT2D eigenvalue weighted by molar-refractivity contribution is -0.385. The van der Waals surface area contributed by atoms with Crippen molar-refractivity contribution in [2.24, 2.45) is 5.73 Å². The molecular weight excluding hydrogens is 239 g/mol. The van der Waals surface area contributed by atoms with Crippen LogP contribution in [-0.2, 0) is 0 Å². The summed E-state index contributed by atoms with van der Waals surface area (Å²) in [7, 11) is 0. The number of hydrogen-bond donors (Lipinski definition) is 1. The molecule has 1 aromatic carbocycles. The predicted molar refractivity (Wildman–Crippen MR) is 62.6 cm³/mol. The Bertz CT molecular complexity index is 358. The van der Waals surface area contributed by atoms with Crippen molar-refractivity contribution in [3.63, 3.8) is 0 Å². The van der Waals surface area contributed by atoms with E-state index in [4.69, 9.17) is 17.3 Å². The zero-order valence-electron chi connectivity index (χ0n) is 8.14. The van der Waals surface area contributed by atoms with Gasteiger partial charge in [0.05, 0.1) is 4.92 Å². The Kier molecular flexibility index (Phi) is 5.57. The highest BCUT2D eigenvalue weighted by atomic mass is 35.5. The van der Waals surface area contributed by atoms with Crippen LogP contribution in [-0.4, -0.2) is 4.92 Å². The third-order valence-electron chi connectivity index (χ3n) is 2.03. The zero-order valence-corrected chi connectivity index (χ0v) is 9.72. The van der Waals surface area contributed by atoms with Crippen LogP contribution < -0.4 is 5.73 Å². The summed E-state index contributed by atoms with van der Waals surface area (Å²) in [6, 6.07) is 4.08. The number of nitro groups is 1. The lowest BCUT2D eigenvalue weighted by atomic mass is 10.0. The Morgan fingerprint density at radius 2 is 2.20 bits per heavy atom. The first-order chi connectivity index (χ1) is 6.56. The standard InChI is InChI=1S/C9H11ClN2O2.ClH/c1-2-8(11)7-5-6(10)3-4-9(7)12(13)14;/h3-5,8H,2,11H2,1H3;1H/t8-;/m1./s1. The molecule has 0 heterocycles. The second-order valence-corrected chi connectivity index (χ2v) is 3.41. The van der Waals surface area contributed by atoms with E-state index in [0.29, 0.717) is 17.0 Å². The quantitative estimate of drug-likeness (QED) is 0.662. The van der Waals surface area contributed by atoms with Crippen LogP contribution in [0, 0.1) is 10.1 Å². The lowest BCUT2D eigenvalue weighted by Gasteiger charge is -2.09. The molecule has 0 aliphatic heterocycles. The molecule has 1 rings (SSSR count). The average Bonchev–Trinajstić information content (AvgIpc) is 2.16. The molecule has 0 spiro atoms. The van der Waals surface area contributed by atoms with Gasteiger partial charge < -0.3 is 5.73 Å². The first-order valence-corrected chi connectivity index (χ1v) is 4.63. The van der Waals surface area contributed by atoms with Gasteiger partial charge in [-0.3, -0.25) is 10.1 Å². The van der Waals surface area contributed by atoms with Crippen LogP contribution in [0.5, 0.6) is 0 Å². The van der Waals surface area contributed by atoms with Crippen molar-refractivity contribution in [3.8, 4) is 0 Å². The van der Waals surface area contributed by atoms with E-state index >= 15 is 0 Å². The molecular formula is C9H12Cl2N2O2. The molecule has 0 saturated heterocycles. The van der Waals surface area contributed by atoms with Gasteiger partial charge in [0.1, 0.15) is 0 Å². The van der Waals surface area contributed by atoms with Crippen LogP contribution >= 0.6 is 24.0 Å². The van der Waals surface area contributed by atoms with Crippen LogP contribution in [0.15, 0.2) is 18.2 Å². The summed E-state index contributed by atoms with van der Waals surface area (Å²) in [6.45, 7) is 1.87. The fraction of sp³-hybridized carbons (Fsp3) is 0.333. The Morgan fingerprint density at radius 1 is 1.60 bits per heavy atom. The molecule has 0 fully saturated rings. The maximum Gasteiger partial charge on any atom is 0.274 e. The third kappa shape index (κ3) is 3.34. The van der Waals surface area contributed by atoms with Gasteiger partial charge in [0.2, 0.25) is 0 Å². The molecule has 0 aliphatic rings. The number of halogens is 2. The molecule has 1 aromatic rings. The minimum absolute atomic E-state index is 0. The Balaban J connectivity index is 0.00000196. The van der Waals surface area contributed by atoms with E-state index in [2.05, 4.69) is 0 Å². The van der Waals surface area contributed by atoms with E-state index in [0.717, 1.165) is 0 Å². The van der Waals surface area contributed by atoms with Crippen molar-refractivity contribution in [1.82, 2.24) is 0 Å². The molecule has 2 N–H and O–H groups in total. The molecule has 0 radical (unpaired) electrons. The van der Waals surface area contributed by atoms with Crippen molar-refractivity contribution in [1.29, 1.82) is 0 Å². The number of rotatable bonds is 3. The topological polar surface area (TPSA) is 69.2 Å². The molecule has 1 atom stereocenters. The molecule has 0 aliphatic carbocycles. The Labute approximate surface area is 99.0 Å². The highest BCUT2D eigenvalue weighted by Crippen LogP contribution is 2.28. The molecule has 0 amide bonds. The summed E-state index contributed by atoms with van der Waals surface area (Å²) in [5, 5.41) is 11.1. The van der Waals surface area contributed by atoms with Gasteiger partial charge in [0.25, 0.3) is 5.69 Å². The average molecular weight is 251 g/mol. The Hall–Kier alpha value is -0.840. The van der Waals surface area contributed by atoms with Crippen molar-refractivity contribution in [2.75, 3.05) is 0 Å². The summed E-state index contributed by atoms with van der Waals surface area (Å²) >= 11 is 5.74. The van der Waals surface area contributed by atoms with Crippen LogP contribution in [0.3, 0.4) is 0 Å². The SMILES string of the molecule is CC[C@@H](N)c1cc(Cl)ccc1[N+](=O)[O-].Cl. The largest absolute Gasteiger partial charge is 0.324 e. The van der Waals surface area contributed by atoms with E-state index < -0.39 is 4.92 Å². The van der Waals surface area contributed by atoms with Gasteiger partial charge in [-0.05, 0) is 18.6 Å². The van der Waals surface area contributed by atoms with Crippen molar-refractivity contribution >= 4 is 29.7 Å². The summed E-state index contributed by atoms with van der Waals surface area (Å²) in [6.07, 6.45) is 0.640. The van der Waals surface area contributed by atoms with E-state index in [1.165, 1.54) is 12.1 Å². The molecule has 0 unspecified atom stereocenters. The summed E-state index contributed by atoms with van der Waals surface area (Å²) in [5.74, 6) is 0. The van der Waals surface area contributed by atoms with E-state index in [9.17, 15) is 10.1 Å². The van der Waals surface area contributed by atoms with E-state index in [-0.39, 0.29) is 24.1 Å². The number of nitrogens with two attached hydrogens (primary N) is 1. The van der Waals surface area contributed by atoms with Crippen LogP contribution in [0.2, 0.25) is 5.02 Å². The minimum Gasteiger partial charge on any atom is -0.324 e. The van der Waals surface area contributed by atoms with Gasteiger partial charge in [-0.2, -0.15) is 0 Å². The van der Waals surface area contributed by atoms with Gasteiger partial charge >= 0.3 is 0 Å². The minimum atomic E-state index is -0.443. The van der Waals surface area contributed by atoms with Crippen LogP contribution in [0.25, 0.3) is 0 Å². The van der Waals surface area contributed by atoms with Gasteiger partial charge in [0.15, 0.2) is 0 Å². The predicted octanol–water partition coefficient (Wildman–Crippen LogP) is 3.08. The number of hydrogen-bond acceptors (Lipinski definition) is 3. The molecule has 6 heteroatoms. The second kappa shape index (κ2) is 5.90. The fourth-order valence-corrected chi connectivity index (χ4v) is 1.39. The zero-order chi connectivity index (χ0) is 10.7. The van der Waals surface area contributed by atoms with E-state index in [1.54, 1.807) is 6.07 Å². The molecule has 0 saturated carbocycles. The summed E-state index contributed by atoms with van der Waals surface area (Å²) in [5.41, 5.74) is 6.26. The normalized spacial score (nSPS) is 11.7. The fourth-order valence-electron chi connectivity index (χ4n) is 1.21. The Morgan fingerprint density at radius 3 is 2.67 bits per heavy atom. The molecule has 4 nitrogen and oxygen atoms in total. The highest BCUT2D eigenvalue weighted by Gasteiger charge is 2.18. The number of nitro benzene ring substituents is 1. The first-order valence-electron chi connectivity index (χ1n) is 4.25.